The Morgan fingerprint density at radius 1 is 0.828 bits per heavy atom. The van der Waals surface area contributed by atoms with Gasteiger partial charge in [-0.15, -0.1) is 0 Å². The molecule has 2 N–H and O–H groups in total. The van der Waals surface area contributed by atoms with E-state index in [9.17, 15) is 0 Å². The minimum absolute atomic E-state index is 0.0816. The molecule has 2 saturated heterocycles. The maximum Gasteiger partial charge on any atom is 0.170 e. The Labute approximate surface area is 176 Å². The molecular weight excluding hydrogens is 377 g/mol. The summed E-state index contributed by atoms with van der Waals surface area (Å²) >= 11 is 0. The second-order valence-corrected chi connectivity index (χ2v) is 13.5. The zero-order valence-electron chi connectivity index (χ0n) is 18.6. The van der Waals surface area contributed by atoms with Gasteiger partial charge in [-0.05, 0) is 52.2 Å². The summed E-state index contributed by atoms with van der Waals surface area (Å²) in [4.78, 5) is 0. The molecule has 0 amide bonds. The van der Waals surface area contributed by atoms with E-state index in [2.05, 4.69) is 65.8 Å². The van der Waals surface area contributed by atoms with Crippen LogP contribution in [0.25, 0.3) is 11.1 Å². The van der Waals surface area contributed by atoms with E-state index in [1.54, 1.807) is 0 Å². The highest BCUT2D eigenvalue weighted by Gasteiger charge is 2.57. The van der Waals surface area contributed by atoms with Gasteiger partial charge in [-0.25, -0.2) is 0 Å². The fraction of sp³-hybridized carbons (Fsp3) is 0.520. The first-order valence-electron chi connectivity index (χ1n) is 10.6. The van der Waals surface area contributed by atoms with Crippen molar-refractivity contribution in [1.29, 1.82) is 0 Å². The molecule has 1 spiro atoms. The topological polar surface area (TPSA) is 44.5 Å². The van der Waals surface area contributed by atoms with Crippen LogP contribution in [0.1, 0.15) is 51.7 Å². The Hall–Kier alpha value is -1.41. The van der Waals surface area contributed by atoms with Crippen LogP contribution in [0.3, 0.4) is 0 Å². The quantitative estimate of drug-likeness (QED) is 0.505. The first-order valence-corrected chi connectivity index (χ1v) is 11.9. The molecular formula is C25H34NO2P. The fourth-order valence-corrected chi connectivity index (χ4v) is 10.3. The van der Waals surface area contributed by atoms with Gasteiger partial charge in [0.05, 0.1) is 13.2 Å². The van der Waals surface area contributed by atoms with Crippen molar-refractivity contribution in [3.05, 3.63) is 47.5 Å². The maximum atomic E-state index is 6.44. The number of anilines is 1. The molecule has 0 atom stereocenters. The molecule has 0 radical (unpaired) electrons. The van der Waals surface area contributed by atoms with E-state index in [0.717, 1.165) is 24.1 Å². The molecule has 0 unspecified atom stereocenters. The minimum Gasteiger partial charge on any atom is -0.398 e. The van der Waals surface area contributed by atoms with Crippen LogP contribution in [0.15, 0.2) is 36.4 Å². The largest absolute Gasteiger partial charge is 0.398 e. The summed E-state index contributed by atoms with van der Waals surface area (Å²) < 4.78 is 12.4. The highest BCUT2D eigenvalue weighted by Crippen LogP contribution is 2.69. The van der Waals surface area contributed by atoms with Gasteiger partial charge in [0.15, 0.2) is 5.79 Å². The molecule has 4 rings (SSSR count). The van der Waals surface area contributed by atoms with E-state index < -0.39 is 13.7 Å². The van der Waals surface area contributed by atoms with Crippen LogP contribution in [0.2, 0.25) is 0 Å². The molecule has 3 nitrogen and oxygen atoms in total. The van der Waals surface area contributed by atoms with Gasteiger partial charge in [-0.1, -0.05) is 65.9 Å². The summed E-state index contributed by atoms with van der Waals surface area (Å²) in [6.45, 7) is 15.6. The number of para-hydroxylation sites is 1. The highest BCUT2D eigenvalue weighted by molar-refractivity contribution is 7.69. The summed E-state index contributed by atoms with van der Waals surface area (Å²) in [6, 6.07) is 12.8. The van der Waals surface area contributed by atoms with Crippen molar-refractivity contribution in [2.24, 2.45) is 0 Å². The summed E-state index contributed by atoms with van der Waals surface area (Å²) in [5.41, 5.74) is 12.5. The van der Waals surface area contributed by atoms with Gasteiger partial charge >= 0.3 is 0 Å². The molecule has 0 bridgehead atoms. The lowest BCUT2D eigenvalue weighted by Gasteiger charge is -2.56. The summed E-state index contributed by atoms with van der Waals surface area (Å²) in [5, 5.41) is 1.66. The van der Waals surface area contributed by atoms with E-state index >= 15 is 0 Å². The van der Waals surface area contributed by atoms with E-state index in [-0.39, 0.29) is 10.3 Å². The first kappa shape index (κ1) is 20.8. The van der Waals surface area contributed by atoms with Gasteiger partial charge < -0.3 is 15.2 Å². The second kappa shape index (κ2) is 7.08. The number of nitrogens with two attached hydrogens (primary N) is 1. The Balaban J connectivity index is 1.92. The lowest BCUT2D eigenvalue weighted by atomic mass is 9.91. The second-order valence-electron chi connectivity index (χ2n) is 9.91. The molecule has 156 valence electrons. The third-order valence-electron chi connectivity index (χ3n) is 6.60. The third kappa shape index (κ3) is 3.52. The van der Waals surface area contributed by atoms with Crippen molar-refractivity contribution >= 4 is 18.9 Å². The van der Waals surface area contributed by atoms with Crippen LogP contribution in [0.5, 0.6) is 0 Å². The molecule has 2 fully saturated rings. The van der Waals surface area contributed by atoms with E-state index in [0.29, 0.717) is 13.2 Å². The number of aryl methyl sites for hydroxylation is 1. The summed E-state index contributed by atoms with van der Waals surface area (Å²) in [5.74, 6) is -0.421. The zero-order chi connectivity index (χ0) is 21.0. The molecule has 2 aromatic carbocycles. The van der Waals surface area contributed by atoms with Crippen LogP contribution in [0, 0.1) is 13.8 Å². The van der Waals surface area contributed by atoms with Crippen LogP contribution < -0.4 is 11.0 Å². The molecule has 0 saturated carbocycles. The van der Waals surface area contributed by atoms with E-state index in [1.165, 1.54) is 22.0 Å². The fourth-order valence-electron chi connectivity index (χ4n) is 5.71. The van der Waals surface area contributed by atoms with Gasteiger partial charge in [-0.3, -0.25) is 0 Å². The Bertz CT molecular complexity index is 908. The molecule has 0 aromatic heterocycles. The van der Waals surface area contributed by atoms with Gasteiger partial charge in [0.1, 0.15) is 0 Å². The Morgan fingerprint density at radius 2 is 1.41 bits per heavy atom. The SMILES string of the molecule is Cc1ccc(-c2ccccc2N)c(P2C(C)(C)CC3(CC2(C)C)OCCO3)c1C. The Morgan fingerprint density at radius 3 is 2.00 bits per heavy atom. The van der Waals surface area contributed by atoms with Crippen LogP contribution in [0.4, 0.5) is 5.69 Å². The lowest BCUT2D eigenvalue weighted by molar-refractivity contribution is -0.178. The predicted molar refractivity (Wildman–Crippen MR) is 124 cm³/mol. The van der Waals surface area contributed by atoms with Crippen molar-refractivity contribution in [2.45, 2.75) is 70.5 Å². The van der Waals surface area contributed by atoms with Gasteiger partial charge in [0.25, 0.3) is 0 Å². The molecule has 2 aliphatic heterocycles. The van der Waals surface area contributed by atoms with Crippen molar-refractivity contribution in [1.82, 2.24) is 0 Å². The highest BCUT2D eigenvalue weighted by atomic mass is 31.1. The van der Waals surface area contributed by atoms with Crippen molar-refractivity contribution in [3.8, 4) is 11.1 Å². The van der Waals surface area contributed by atoms with E-state index in [4.69, 9.17) is 15.2 Å². The summed E-state index contributed by atoms with van der Waals surface area (Å²) in [6.07, 6.45) is 1.87. The number of hydrogen-bond acceptors (Lipinski definition) is 3. The monoisotopic (exact) mass is 411 g/mol. The predicted octanol–water partition coefficient (Wildman–Crippen LogP) is 5.75. The number of rotatable bonds is 2. The molecule has 0 aliphatic carbocycles. The van der Waals surface area contributed by atoms with Crippen LogP contribution in [-0.2, 0) is 9.47 Å². The summed E-state index contributed by atoms with van der Waals surface area (Å²) in [7, 11) is -0.505. The van der Waals surface area contributed by atoms with Crippen molar-refractivity contribution < 1.29 is 9.47 Å². The molecule has 2 aliphatic rings. The minimum atomic E-state index is -0.505. The normalized spacial score (nSPS) is 22.8. The maximum absolute atomic E-state index is 6.44. The number of hydrogen-bond donors (Lipinski definition) is 1. The van der Waals surface area contributed by atoms with Crippen LogP contribution in [-0.4, -0.2) is 29.3 Å². The molecule has 4 heteroatoms. The average molecular weight is 412 g/mol. The Kier molecular flexibility index (Phi) is 5.09. The van der Waals surface area contributed by atoms with Gasteiger partial charge in [0.2, 0.25) is 0 Å². The number of nitrogen functional groups attached to an aromatic ring is 1. The zero-order valence-corrected chi connectivity index (χ0v) is 19.5. The molecule has 29 heavy (non-hydrogen) atoms. The van der Waals surface area contributed by atoms with Crippen LogP contribution >= 0.6 is 7.92 Å². The van der Waals surface area contributed by atoms with Crippen molar-refractivity contribution in [2.75, 3.05) is 18.9 Å². The number of benzene rings is 2. The molecule has 2 aromatic rings. The van der Waals surface area contributed by atoms with Gasteiger partial charge in [-0.2, -0.15) is 0 Å². The number of ether oxygens (including phenoxy) is 2. The lowest BCUT2D eigenvalue weighted by Crippen LogP contribution is -2.52. The standard InChI is InChI=1S/C25H34NO2P/c1-17-11-12-20(19-9-7-8-10-21(19)26)22(18(17)2)29-23(3,4)15-25(16-24(29,5)6)27-13-14-28-25/h7-12H,13-16,26H2,1-6H3. The van der Waals surface area contributed by atoms with E-state index in [1.807, 2.05) is 12.1 Å². The third-order valence-corrected chi connectivity index (χ3v) is 10.4. The van der Waals surface area contributed by atoms with Gasteiger partial charge in [0, 0.05) is 24.1 Å². The average Bonchev–Trinajstić information content (AvgIpc) is 3.04. The smallest absolute Gasteiger partial charge is 0.170 e. The van der Waals surface area contributed by atoms with Crippen molar-refractivity contribution in [3.63, 3.8) is 0 Å². The molecule has 2 heterocycles. The first-order chi connectivity index (χ1) is 13.6.